The summed E-state index contributed by atoms with van der Waals surface area (Å²) in [6.45, 7) is 4.05. The van der Waals surface area contributed by atoms with E-state index in [1.165, 1.54) is 0 Å². The largest absolute Gasteiger partial charge is 0.478 e. The average Bonchev–Trinajstić information content (AvgIpc) is 3.62. The van der Waals surface area contributed by atoms with Crippen molar-refractivity contribution in [3.8, 4) is 11.1 Å². The number of alkyl halides is 6. The van der Waals surface area contributed by atoms with Gasteiger partial charge in [-0.05, 0) is 55.0 Å². The SMILES string of the molecule is O=C(O)c1cnn(C2CCCN(c3cc(Cl)ccc3-c3ccc(N4CCN(CC5CC5C(F)(F)F)CC4)cc3)C2)c1C(F)(F)F. The molecule has 3 fully saturated rings. The molecule has 2 aromatic carbocycles. The summed E-state index contributed by atoms with van der Waals surface area (Å²) in [5.41, 5.74) is 1.36. The topological polar surface area (TPSA) is 64.8 Å². The highest BCUT2D eigenvalue weighted by atomic mass is 35.5. The Bertz CT molecular complexity index is 1530. The van der Waals surface area contributed by atoms with Gasteiger partial charge in [0.2, 0.25) is 0 Å². The van der Waals surface area contributed by atoms with E-state index in [0.29, 0.717) is 57.1 Å². The van der Waals surface area contributed by atoms with E-state index < -0.39 is 41.5 Å². The maximum absolute atomic E-state index is 13.9. The highest BCUT2D eigenvalue weighted by Gasteiger charge is 2.55. The molecule has 1 aliphatic carbocycles. The molecule has 2 saturated heterocycles. The summed E-state index contributed by atoms with van der Waals surface area (Å²) >= 11 is 6.38. The molecule has 0 radical (unpaired) electrons. The van der Waals surface area contributed by atoms with Crippen LogP contribution in [0.25, 0.3) is 11.1 Å². The molecule has 6 rings (SSSR count). The number of anilines is 2. The number of aromatic nitrogens is 2. The summed E-state index contributed by atoms with van der Waals surface area (Å²) in [6.07, 6.45) is -7.03. The van der Waals surface area contributed by atoms with E-state index in [1.807, 2.05) is 35.2 Å². The second-order valence-electron chi connectivity index (χ2n) is 12.0. The predicted molar refractivity (Wildman–Crippen MR) is 158 cm³/mol. The molecule has 0 bridgehead atoms. The molecule has 14 heteroatoms. The quantitative estimate of drug-likeness (QED) is 0.275. The number of hydrogen-bond donors (Lipinski definition) is 1. The summed E-state index contributed by atoms with van der Waals surface area (Å²) in [7, 11) is 0. The number of carbonyl (C=O) groups is 1. The number of aromatic carboxylic acids is 1. The molecular weight excluding hydrogens is 624 g/mol. The average molecular weight is 656 g/mol. The number of rotatable bonds is 7. The van der Waals surface area contributed by atoms with Gasteiger partial charge in [0.15, 0.2) is 5.69 Å². The van der Waals surface area contributed by atoms with Crippen LogP contribution in [0.5, 0.6) is 0 Å². The van der Waals surface area contributed by atoms with Gasteiger partial charge in [0.05, 0.1) is 18.2 Å². The van der Waals surface area contributed by atoms with Gasteiger partial charge in [-0.3, -0.25) is 9.58 Å². The Balaban J connectivity index is 1.16. The molecule has 3 unspecified atom stereocenters. The fourth-order valence-electron chi connectivity index (χ4n) is 6.68. The maximum Gasteiger partial charge on any atom is 0.433 e. The smallest absolute Gasteiger partial charge is 0.433 e. The second kappa shape index (κ2) is 12.1. The molecule has 3 heterocycles. The molecule has 3 aromatic rings. The Morgan fingerprint density at radius 1 is 0.956 bits per heavy atom. The normalized spacial score (nSPS) is 23.0. The third kappa shape index (κ3) is 6.74. The van der Waals surface area contributed by atoms with Gasteiger partial charge in [0, 0.05) is 67.8 Å². The molecule has 1 aromatic heterocycles. The molecule has 1 N–H and O–H groups in total. The number of benzene rings is 2. The van der Waals surface area contributed by atoms with Crippen LogP contribution in [0.2, 0.25) is 5.02 Å². The van der Waals surface area contributed by atoms with E-state index in [2.05, 4.69) is 14.9 Å². The number of piperidine rings is 1. The van der Waals surface area contributed by atoms with Crippen LogP contribution in [0.1, 0.15) is 41.4 Å². The van der Waals surface area contributed by atoms with Gasteiger partial charge in [-0.1, -0.05) is 29.8 Å². The molecular formula is C31H32ClF6N5O2. The van der Waals surface area contributed by atoms with Gasteiger partial charge in [-0.25, -0.2) is 4.79 Å². The van der Waals surface area contributed by atoms with Crippen molar-refractivity contribution in [2.45, 2.75) is 37.7 Å². The summed E-state index contributed by atoms with van der Waals surface area (Å²) in [5.74, 6) is -3.14. The van der Waals surface area contributed by atoms with Gasteiger partial charge >= 0.3 is 18.3 Å². The van der Waals surface area contributed by atoms with Crippen molar-refractivity contribution in [3.63, 3.8) is 0 Å². The van der Waals surface area contributed by atoms with Crippen LogP contribution in [-0.2, 0) is 6.18 Å². The van der Waals surface area contributed by atoms with Gasteiger partial charge in [0.25, 0.3) is 0 Å². The number of hydrogen-bond acceptors (Lipinski definition) is 5. The Labute approximate surface area is 261 Å². The first-order valence-corrected chi connectivity index (χ1v) is 15.2. The lowest BCUT2D eigenvalue weighted by molar-refractivity contribution is -0.151. The van der Waals surface area contributed by atoms with Crippen LogP contribution in [-0.4, -0.2) is 77.7 Å². The highest BCUT2D eigenvalue weighted by Crippen LogP contribution is 2.50. The zero-order chi connectivity index (χ0) is 32.1. The third-order valence-electron chi connectivity index (χ3n) is 9.09. The summed E-state index contributed by atoms with van der Waals surface area (Å²) < 4.78 is 81.2. The van der Waals surface area contributed by atoms with Crippen molar-refractivity contribution in [2.24, 2.45) is 11.8 Å². The van der Waals surface area contributed by atoms with Crippen LogP contribution in [0.3, 0.4) is 0 Å². The van der Waals surface area contributed by atoms with Crippen LogP contribution < -0.4 is 9.80 Å². The fourth-order valence-corrected chi connectivity index (χ4v) is 6.85. The minimum atomic E-state index is -4.88. The van der Waals surface area contributed by atoms with Crippen molar-refractivity contribution in [1.82, 2.24) is 14.7 Å². The van der Waals surface area contributed by atoms with Crippen LogP contribution >= 0.6 is 11.6 Å². The summed E-state index contributed by atoms with van der Waals surface area (Å²) in [5, 5.41) is 13.7. The third-order valence-corrected chi connectivity index (χ3v) is 9.32. The summed E-state index contributed by atoms with van der Waals surface area (Å²) in [4.78, 5) is 17.8. The number of halogens is 7. The van der Waals surface area contributed by atoms with Gasteiger partial charge in [0.1, 0.15) is 5.56 Å². The summed E-state index contributed by atoms with van der Waals surface area (Å²) in [6, 6.07) is 12.7. The van der Waals surface area contributed by atoms with Crippen molar-refractivity contribution in [3.05, 3.63) is 64.9 Å². The zero-order valence-corrected chi connectivity index (χ0v) is 24.9. The first kappa shape index (κ1) is 31.5. The maximum atomic E-state index is 13.9. The molecule has 7 nitrogen and oxygen atoms in total. The van der Waals surface area contributed by atoms with E-state index in [9.17, 15) is 36.2 Å². The standard InChI is InChI=1S/C31H32ClF6N5O2/c32-21-5-8-24(19-3-6-22(7-4-19)41-12-10-40(11-13-41)17-20-14-26(20)30(33,34)35)27(15-21)42-9-1-2-23(18-42)43-28(31(36,37)38)25(16-39-43)29(44)45/h3-8,15-16,20,23,26H,1-2,9-14,17-18H2,(H,44,45). The van der Waals surface area contributed by atoms with E-state index in [1.54, 1.807) is 12.1 Å². The van der Waals surface area contributed by atoms with E-state index in [4.69, 9.17) is 11.6 Å². The van der Waals surface area contributed by atoms with Gasteiger partial charge in [-0.2, -0.15) is 31.4 Å². The van der Waals surface area contributed by atoms with Gasteiger partial charge in [-0.15, -0.1) is 0 Å². The number of piperazine rings is 1. The molecule has 0 spiro atoms. The van der Waals surface area contributed by atoms with Crippen LogP contribution in [0, 0.1) is 11.8 Å². The lowest BCUT2D eigenvalue weighted by Gasteiger charge is -2.37. The van der Waals surface area contributed by atoms with Crippen molar-refractivity contribution in [2.75, 3.05) is 55.6 Å². The molecule has 2 aliphatic heterocycles. The Kier molecular flexibility index (Phi) is 8.44. The van der Waals surface area contributed by atoms with E-state index in [-0.39, 0.29) is 18.9 Å². The van der Waals surface area contributed by atoms with Crippen molar-refractivity contribution < 1.29 is 36.2 Å². The molecule has 0 amide bonds. The van der Waals surface area contributed by atoms with Crippen molar-refractivity contribution >= 4 is 28.9 Å². The molecule has 3 atom stereocenters. The van der Waals surface area contributed by atoms with E-state index >= 15 is 0 Å². The first-order chi connectivity index (χ1) is 21.3. The number of carboxylic acid groups (broad SMARTS) is 1. The zero-order valence-electron chi connectivity index (χ0n) is 24.2. The lowest BCUT2D eigenvalue weighted by atomic mass is 9.99. The minimum absolute atomic E-state index is 0.185. The fraction of sp³-hybridized carbons (Fsp3) is 0.484. The first-order valence-electron chi connectivity index (χ1n) is 14.9. The highest BCUT2D eigenvalue weighted by molar-refractivity contribution is 6.31. The van der Waals surface area contributed by atoms with Crippen LogP contribution in [0.4, 0.5) is 37.7 Å². The van der Waals surface area contributed by atoms with Crippen LogP contribution in [0.15, 0.2) is 48.7 Å². The second-order valence-corrected chi connectivity index (χ2v) is 12.5. The Hall–Kier alpha value is -3.45. The molecule has 1 saturated carbocycles. The molecule has 3 aliphatic rings. The number of nitrogens with zero attached hydrogens (tertiary/aromatic N) is 5. The number of carboxylic acids is 1. The van der Waals surface area contributed by atoms with Crippen molar-refractivity contribution in [1.29, 1.82) is 0 Å². The lowest BCUT2D eigenvalue weighted by Crippen LogP contribution is -2.47. The minimum Gasteiger partial charge on any atom is -0.478 e. The Morgan fingerprint density at radius 3 is 2.29 bits per heavy atom. The molecule has 45 heavy (non-hydrogen) atoms. The monoisotopic (exact) mass is 655 g/mol. The predicted octanol–water partition coefficient (Wildman–Crippen LogP) is 7.08. The van der Waals surface area contributed by atoms with Gasteiger partial charge < -0.3 is 14.9 Å². The Morgan fingerprint density at radius 2 is 1.67 bits per heavy atom. The molecule has 242 valence electrons. The van der Waals surface area contributed by atoms with E-state index in [0.717, 1.165) is 33.4 Å².